The van der Waals surface area contributed by atoms with E-state index in [0.29, 0.717) is 19.8 Å². The van der Waals surface area contributed by atoms with Crippen molar-refractivity contribution in [2.75, 3.05) is 19.8 Å². The second-order valence-electron chi connectivity index (χ2n) is 6.41. The van der Waals surface area contributed by atoms with Crippen LogP contribution in [0.5, 0.6) is 0 Å². The van der Waals surface area contributed by atoms with Gasteiger partial charge in [-0.15, -0.1) is 0 Å². The molecule has 3 aromatic carbocycles. The molecule has 0 aliphatic rings. The number of rotatable bonds is 10. The topological polar surface area (TPSA) is 27.7 Å². The van der Waals surface area contributed by atoms with Crippen LogP contribution in [0.2, 0.25) is 0 Å². The highest BCUT2D eigenvalue weighted by Gasteiger charge is 2.43. The Balaban J connectivity index is 2.01. The van der Waals surface area contributed by atoms with Gasteiger partial charge >= 0.3 is 8.80 Å². The number of benzene rings is 3. The first-order valence-electron chi connectivity index (χ1n) is 10.2. The minimum Gasteiger partial charge on any atom is -0.370 e. The van der Waals surface area contributed by atoms with Crippen molar-refractivity contribution >= 4 is 37.8 Å². The maximum atomic E-state index is 6.07. The summed E-state index contributed by atoms with van der Waals surface area (Å²) < 4.78 is 18.2. The second kappa shape index (κ2) is 10.8. The highest BCUT2D eigenvalue weighted by atomic mass is 31.1. The molecule has 3 aromatic rings. The van der Waals surface area contributed by atoms with Gasteiger partial charge in [0.05, 0.1) is 0 Å². The molecule has 3 rings (SSSR count). The van der Waals surface area contributed by atoms with Crippen molar-refractivity contribution in [2.24, 2.45) is 0 Å². The Kier molecular flexibility index (Phi) is 8.16. The molecule has 0 bridgehead atoms. The van der Waals surface area contributed by atoms with E-state index in [-0.39, 0.29) is 0 Å². The normalized spacial score (nSPS) is 11.7. The molecule has 0 atom stereocenters. The van der Waals surface area contributed by atoms with Crippen LogP contribution in [0.25, 0.3) is 0 Å². The van der Waals surface area contributed by atoms with E-state index >= 15 is 0 Å². The summed E-state index contributed by atoms with van der Waals surface area (Å²) >= 11 is 0. The molecule has 29 heavy (non-hydrogen) atoms. The predicted molar refractivity (Wildman–Crippen MR) is 125 cm³/mol. The van der Waals surface area contributed by atoms with Crippen LogP contribution in [0.3, 0.4) is 0 Å². The molecular formula is C24H29O3PSi. The Morgan fingerprint density at radius 3 is 1.31 bits per heavy atom. The van der Waals surface area contributed by atoms with Crippen LogP contribution in [-0.2, 0) is 13.3 Å². The van der Waals surface area contributed by atoms with Crippen molar-refractivity contribution in [3.8, 4) is 0 Å². The lowest BCUT2D eigenvalue weighted by molar-refractivity contribution is 0.0859. The Labute approximate surface area is 176 Å². The fourth-order valence-corrected chi connectivity index (χ4v) is 8.11. The molecule has 0 saturated carbocycles. The van der Waals surface area contributed by atoms with E-state index in [2.05, 4.69) is 84.9 Å². The Bertz CT molecular complexity index is 800. The fraction of sp³-hybridized carbons (Fsp3) is 0.250. The summed E-state index contributed by atoms with van der Waals surface area (Å²) in [7, 11) is -3.51. The van der Waals surface area contributed by atoms with E-state index in [1.165, 1.54) is 15.9 Å². The van der Waals surface area contributed by atoms with Gasteiger partial charge in [-0.2, -0.15) is 0 Å². The summed E-state index contributed by atoms with van der Waals surface area (Å²) in [5.74, 6) is 0. The summed E-state index contributed by atoms with van der Waals surface area (Å²) in [5.41, 5.74) is 0. The van der Waals surface area contributed by atoms with Gasteiger partial charge in [-0.25, -0.2) is 0 Å². The molecule has 0 amide bonds. The van der Waals surface area contributed by atoms with Gasteiger partial charge in [0.2, 0.25) is 0 Å². The molecule has 0 fully saturated rings. The zero-order chi connectivity index (χ0) is 20.5. The smallest absolute Gasteiger partial charge is 0.370 e. The Morgan fingerprint density at radius 1 is 0.552 bits per heavy atom. The first kappa shape index (κ1) is 21.9. The van der Waals surface area contributed by atoms with Gasteiger partial charge in [-0.05, 0) is 44.6 Å². The van der Waals surface area contributed by atoms with Crippen molar-refractivity contribution in [1.29, 1.82) is 0 Å². The fourth-order valence-electron chi connectivity index (χ4n) is 3.36. The number of hydrogen-bond acceptors (Lipinski definition) is 3. The number of hydrogen-bond donors (Lipinski definition) is 0. The maximum Gasteiger partial charge on any atom is 0.537 e. The lowest BCUT2D eigenvalue weighted by atomic mass is 10.3. The molecule has 0 radical (unpaired) electrons. The van der Waals surface area contributed by atoms with E-state index in [1.54, 1.807) is 0 Å². The van der Waals surface area contributed by atoms with Gasteiger partial charge in [0.15, 0.2) is 0 Å². The average molecular weight is 425 g/mol. The molecular weight excluding hydrogens is 395 g/mol. The van der Waals surface area contributed by atoms with Crippen LogP contribution in [0, 0.1) is 0 Å². The summed E-state index contributed by atoms with van der Waals surface area (Å²) in [5, 5.41) is 4.99. The van der Waals surface area contributed by atoms with Crippen molar-refractivity contribution in [2.45, 2.75) is 20.8 Å². The lowest BCUT2D eigenvalue weighted by Gasteiger charge is -2.29. The zero-order valence-corrected chi connectivity index (χ0v) is 19.3. The quantitative estimate of drug-likeness (QED) is 0.367. The summed E-state index contributed by atoms with van der Waals surface area (Å²) in [6, 6.07) is 30.1. The molecule has 0 aliphatic carbocycles. The predicted octanol–water partition coefficient (Wildman–Crippen LogP) is 3.70. The van der Waals surface area contributed by atoms with Gasteiger partial charge in [0.1, 0.15) is 0 Å². The minimum atomic E-state index is -2.88. The average Bonchev–Trinajstić information content (AvgIpc) is 2.76. The van der Waals surface area contributed by atoms with E-state index in [4.69, 9.17) is 13.3 Å². The Morgan fingerprint density at radius 2 is 0.931 bits per heavy atom. The van der Waals surface area contributed by atoms with E-state index < -0.39 is 16.7 Å². The lowest BCUT2D eigenvalue weighted by Crippen LogP contribution is -2.57. The summed E-state index contributed by atoms with van der Waals surface area (Å²) in [4.78, 5) is 0. The first-order valence-corrected chi connectivity index (χ1v) is 13.2. The molecule has 0 heterocycles. The van der Waals surface area contributed by atoms with Crippen LogP contribution < -0.4 is 21.1 Å². The third-order valence-electron chi connectivity index (χ3n) is 4.51. The largest absolute Gasteiger partial charge is 0.537 e. The van der Waals surface area contributed by atoms with Crippen LogP contribution >= 0.6 is 7.92 Å². The molecule has 0 aromatic heterocycles. The molecule has 0 aliphatic heterocycles. The molecule has 0 saturated heterocycles. The van der Waals surface area contributed by atoms with Crippen molar-refractivity contribution < 1.29 is 13.3 Å². The highest BCUT2D eigenvalue weighted by Crippen LogP contribution is 2.32. The van der Waals surface area contributed by atoms with Crippen LogP contribution in [-0.4, -0.2) is 28.6 Å². The highest BCUT2D eigenvalue weighted by molar-refractivity contribution is 7.79. The summed E-state index contributed by atoms with van der Waals surface area (Å²) in [6.45, 7) is 7.65. The minimum absolute atomic E-state index is 0.564. The van der Waals surface area contributed by atoms with Gasteiger partial charge in [-0.1, -0.05) is 84.9 Å². The van der Waals surface area contributed by atoms with Gasteiger partial charge in [-0.3, -0.25) is 0 Å². The van der Waals surface area contributed by atoms with Gasteiger partial charge in [0, 0.05) is 25.0 Å². The molecule has 5 heteroatoms. The Hall–Kier alpha value is -1.81. The van der Waals surface area contributed by atoms with Crippen molar-refractivity contribution in [3.63, 3.8) is 0 Å². The van der Waals surface area contributed by atoms with Crippen molar-refractivity contribution in [3.05, 3.63) is 84.9 Å². The van der Waals surface area contributed by atoms with Crippen LogP contribution in [0.4, 0.5) is 0 Å². The monoisotopic (exact) mass is 424 g/mol. The first-order chi connectivity index (χ1) is 14.2. The van der Waals surface area contributed by atoms with E-state index in [0.717, 1.165) is 5.19 Å². The van der Waals surface area contributed by atoms with Crippen molar-refractivity contribution in [1.82, 2.24) is 0 Å². The molecule has 0 N–H and O–H groups in total. The van der Waals surface area contributed by atoms with Gasteiger partial charge in [0.25, 0.3) is 0 Å². The summed E-state index contributed by atoms with van der Waals surface area (Å²) in [6.07, 6.45) is 0. The molecule has 0 spiro atoms. The maximum absolute atomic E-state index is 6.07. The molecule has 0 unspecified atom stereocenters. The molecule has 152 valence electrons. The zero-order valence-electron chi connectivity index (χ0n) is 17.4. The van der Waals surface area contributed by atoms with Crippen LogP contribution in [0.15, 0.2) is 84.9 Å². The SMILES string of the molecule is CCO[Si](OCC)(OCC)c1ccc(P(c2ccccc2)c2ccccc2)cc1. The molecule has 3 nitrogen and oxygen atoms in total. The second-order valence-corrected chi connectivity index (χ2v) is 11.2. The third-order valence-corrected chi connectivity index (χ3v) is 10.0. The standard InChI is InChI=1S/C24H29O3PSi/c1-4-25-29(26-5-2,27-6-3)24-19-17-23(18-20-24)28(21-13-9-7-10-14-21)22-15-11-8-12-16-22/h7-20H,4-6H2,1-3H3. The van der Waals surface area contributed by atoms with E-state index in [1.807, 2.05) is 20.8 Å². The van der Waals surface area contributed by atoms with Crippen LogP contribution in [0.1, 0.15) is 20.8 Å². The van der Waals surface area contributed by atoms with E-state index in [9.17, 15) is 0 Å². The third kappa shape index (κ3) is 5.22. The van der Waals surface area contributed by atoms with Gasteiger partial charge < -0.3 is 13.3 Å².